The van der Waals surface area contributed by atoms with Crippen molar-refractivity contribution in [1.82, 2.24) is 10.6 Å². The lowest BCUT2D eigenvalue weighted by atomic mass is 9.95. The average molecular weight is 274 g/mol. The fourth-order valence-corrected chi connectivity index (χ4v) is 4.43. The minimum atomic E-state index is -2.95. The highest BCUT2D eigenvalue weighted by Gasteiger charge is 2.32. The van der Waals surface area contributed by atoms with Crippen molar-refractivity contribution in [3.05, 3.63) is 0 Å². The fraction of sp³-hybridized carbons (Fsp3) is 0.917. The number of amides is 1. The summed E-state index contributed by atoms with van der Waals surface area (Å²) >= 11 is 0. The summed E-state index contributed by atoms with van der Waals surface area (Å²) in [5.41, 5.74) is 0. The molecule has 2 aliphatic rings. The Labute approximate surface area is 109 Å². The van der Waals surface area contributed by atoms with E-state index in [2.05, 4.69) is 17.6 Å². The molecule has 2 aliphatic heterocycles. The molecule has 18 heavy (non-hydrogen) atoms. The molecule has 0 radical (unpaired) electrons. The zero-order valence-electron chi connectivity index (χ0n) is 10.8. The van der Waals surface area contributed by atoms with Crippen molar-refractivity contribution in [2.24, 2.45) is 5.92 Å². The normalized spacial score (nSPS) is 35.3. The van der Waals surface area contributed by atoms with E-state index in [-0.39, 0.29) is 29.4 Å². The fourth-order valence-electron chi connectivity index (χ4n) is 2.67. The Kier molecular flexibility index (Phi) is 4.27. The van der Waals surface area contributed by atoms with Crippen LogP contribution >= 0.6 is 0 Å². The van der Waals surface area contributed by atoms with Gasteiger partial charge in [0.15, 0.2) is 9.84 Å². The van der Waals surface area contributed by atoms with Gasteiger partial charge < -0.3 is 10.6 Å². The number of piperidine rings is 1. The topological polar surface area (TPSA) is 75.3 Å². The van der Waals surface area contributed by atoms with Crippen molar-refractivity contribution >= 4 is 15.7 Å². The Morgan fingerprint density at radius 1 is 1.33 bits per heavy atom. The quantitative estimate of drug-likeness (QED) is 0.763. The van der Waals surface area contributed by atoms with E-state index >= 15 is 0 Å². The van der Waals surface area contributed by atoms with Gasteiger partial charge in [-0.15, -0.1) is 0 Å². The van der Waals surface area contributed by atoms with E-state index in [1.54, 1.807) is 0 Å². The van der Waals surface area contributed by atoms with Gasteiger partial charge in [-0.2, -0.15) is 0 Å². The summed E-state index contributed by atoms with van der Waals surface area (Å²) in [6.45, 7) is 3.09. The van der Waals surface area contributed by atoms with Gasteiger partial charge in [0, 0.05) is 19.1 Å². The maximum absolute atomic E-state index is 11.9. The van der Waals surface area contributed by atoms with Gasteiger partial charge in [-0.25, -0.2) is 8.42 Å². The summed E-state index contributed by atoms with van der Waals surface area (Å²) < 4.78 is 23.3. The Morgan fingerprint density at radius 3 is 2.67 bits per heavy atom. The highest BCUT2D eigenvalue weighted by Crippen LogP contribution is 2.19. The molecule has 2 rings (SSSR count). The first-order valence-corrected chi connectivity index (χ1v) is 8.43. The molecule has 2 saturated heterocycles. The molecule has 2 heterocycles. The molecule has 3 unspecified atom stereocenters. The Balaban J connectivity index is 1.78. The van der Waals surface area contributed by atoms with Crippen LogP contribution in [-0.2, 0) is 14.6 Å². The monoisotopic (exact) mass is 274 g/mol. The van der Waals surface area contributed by atoms with Crippen LogP contribution in [0, 0.1) is 5.92 Å². The van der Waals surface area contributed by atoms with Crippen LogP contribution in [-0.4, -0.2) is 44.5 Å². The summed E-state index contributed by atoms with van der Waals surface area (Å²) in [7, 11) is -2.95. The van der Waals surface area contributed by atoms with Crippen molar-refractivity contribution in [2.75, 3.05) is 18.8 Å². The highest BCUT2D eigenvalue weighted by atomic mass is 32.2. The minimum Gasteiger partial charge on any atom is -0.355 e. The first kappa shape index (κ1) is 13.8. The lowest BCUT2D eigenvalue weighted by Crippen LogP contribution is -2.45. The zero-order valence-corrected chi connectivity index (χ0v) is 11.6. The third-order valence-electron chi connectivity index (χ3n) is 4.00. The van der Waals surface area contributed by atoms with Crippen molar-refractivity contribution in [3.63, 3.8) is 0 Å². The molecule has 0 aliphatic carbocycles. The van der Waals surface area contributed by atoms with Gasteiger partial charge in [0.2, 0.25) is 5.91 Å². The van der Waals surface area contributed by atoms with Gasteiger partial charge in [0.25, 0.3) is 0 Å². The number of rotatable bonds is 3. The van der Waals surface area contributed by atoms with Crippen LogP contribution in [0.2, 0.25) is 0 Å². The van der Waals surface area contributed by atoms with Gasteiger partial charge in [-0.1, -0.05) is 0 Å². The van der Waals surface area contributed by atoms with E-state index in [1.807, 2.05) is 0 Å². The summed E-state index contributed by atoms with van der Waals surface area (Å²) in [4.78, 5) is 11.9. The predicted octanol–water partition coefficient (Wildman–Crippen LogP) is 0.0679. The van der Waals surface area contributed by atoms with Crippen molar-refractivity contribution in [2.45, 2.75) is 43.9 Å². The number of nitrogens with one attached hydrogen (secondary N) is 2. The Morgan fingerprint density at radius 2 is 2.11 bits per heavy atom. The van der Waals surface area contributed by atoms with Crippen LogP contribution in [0.5, 0.6) is 0 Å². The van der Waals surface area contributed by atoms with E-state index < -0.39 is 9.84 Å². The summed E-state index contributed by atoms with van der Waals surface area (Å²) in [6.07, 6.45) is 3.30. The summed E-state index contributed by atoms with van der Waals surface area (Å²) in [5, 5.41) is 5.72. The van der Waals surface area contributed by atoms with Gasteiger partial charge in [-0.05, 0) is 32.6 Å². The first-order valence-electron chi connectivity index (χ1n) is 6.71. The molecule has 104 valence electrons. The van der Waals surface area contributed by atoms with Gasteiger partial charge in [-0.3, -0.25) is 4.79 Å². The molecule has 0 aromatic rings. The molecule has 2 fully saturated rings. The standard InChI is InChI=1S/C12H22N2O3S/c1-9-4-5-10(7-13-9)12(15)14-8-11-3-2-6-18(11,16)17/h9-11,13H,2-8H2,1H3,(H,14,15). The van der Waals surface area contributed by atoms with Gasteiger partial charge in [0.1, 0.15) is 0 Å². The molecular formula is C12H22N2O3S. The molecule has 0 spiro atoms. The smallest absolute Gasteiger partial charge is 0.224 e. The lowest BCUT2D eigenvalue weighted by Gasteiger charge is -2.27. The highest BCUT2D eigenvalue weighted by molar-refractivity contribution is 7.92. The van der Waals surface area contributed by atoms with E-state index in [0.717, 1.165) is 19.3 Å². The maximum Gasteiger partial charge on any atom is 0.224 e. The summed E-state index contributed by atoms with van der Waals surface area (Å²) in [5.74, 6) is 0.262. The first-order chi connectivity index (χ1) is 8.49. The maximum atomic E-state index is 11.9. The van der Waals surface area contributed by atoms with Crippen LogP contribution in [0.25, 0.3) is 0 Å². The van der Waals surface area contributed by atoms with Crippen LogP contribution in [0.3, 0.4) is 0 Å². The molecule has 3 atom stereocenters. The van der Waals surface area contributed by atoms with E-state index in [4.69, 9.17) is 0 Å². The molecule has 0 aromatic heterocycles. The molecule has 0 aromatic carbocycles. The Bertz CT molecular complexity index is 400. The Hall–Kier alpha value is -0.620. The second kappa shape index (κ2) is 5.57. The van der Waals surface area contributed by atoms with E-state index in [9.17, 15) is 13.2 Å². The number of carbonyl (C=O) groups excluding carboxylic acids is 1. The number of hydrogen-bond acceptors (Lipinski definition) is 4. The van der Waals surface area contributed by atoms with Crippen molar-refractivity contribution in [3.8, 4) is 0 Å². The molecule has 2 N–H and O–H groups in total. The number of carbonyl (C=O) groups is 1. The minimum absolute atomic E-state index is 0.00324. The molecule has 5 nitrogen and oxygen atoms in total. The van der Waals surface area contributed by atoms with Crippen LogP contribution in [0.15, 0.2) is 0 Å². The largest absolute Gasteiger partial charge is 0.355 e. The predicted molar refractivity (Wildman–Crippen MR) is 70.0 cm³/mol. The van der Waals surface area contributed by atoms with Gasteiger partial charge in [0.05, 0.1) is 16.9 Å². The van der Waals surface area contributed by atoms with Crippen LogP contribution < -0.4 is 10.6 Å². The zero-order chi connectivity index (χ0) is 13.2. The number of hydrogen-bond donors (Lipinski definition) is 2. The summed E-state index contributed by atoms with van der Waals surface area (Å²) in [6, 6.07) is 0.476. The third-order valence-corrected chi connectivity index (χ3v) is 6.27. The molecule has 0 bridgehead atoms. The number of sulfone groups is 1. The third kappa shape index (κ3) is 3.23. The van der Waals surface area contributed by atoms with Crippen LogP contribution in [0.4, 0.5) is 0 Å². The van der Waals surface area contributed by atoms with Crippen molar-refractivity contribution < 1.29 is 13.2 Å². The lowest BCUT2D eigenvalue weighted by molar-refractivity contribution is -0.125. The average Bonchev–Trinajstić information content (AvgIpc) is 2.66. The second-order valence-corrected chi connectivity index (χ2v) is 7.86. The van der Waals surface area contributed by atoms with Gasteiger partial charge >= 0.3 is 0 Å². The second-order valence-electron chi connectivity index (χ2n) is 5.46. The molecular weight excluding hydrogens is 252 g/mol. The van der Waals surface area contributed by atoms with Crippen molar-refractivity contribution in [1.29, 1.82) is 0 Å². The van der Waals surface area contributed by atoms with Crippen LogP contribution in [0.1, 0.15) is 32.6 Å². The SMILES string of the molecule is CC1CCC(C(=O)NCC2CCCS2(=O)=O)CN1. The van der Waals surface area contributed by atoms with E-state index in [1.165, 1.54) is 0 Å². The van der Waals surface area contributed by atoms with E-state index in [0.29, 0.717) is 19.0 Å². The molecule has 1 amide bonds. The molecule has 6 heteroatoms. The molecule has 0 saturated carbocycles.